The van der Waals surface area contributed by atoms with Gasteiger partial charge in [-0.3, -0.25) is 25.5 Å². The van der Waals surface area contributed by atoms with Gasteiger partial charge >= 0.3 is 0 Å². The predicted molar refractivity (Wildman–Crippen MR) is 102 cm³/mol. The third kappa shape index (κ3) is 5.42. The van der Waals surface area contributed by atoms with Crippen molar-refractivity contribution in [2.75, 3.05) is 5.75 Å². The van der Waals surface area contributed by atoms with E-state index in [1.165, 1.54) is 23.9 Å². The number of aromatic nitrogens is 2. The van der Waals surface area contributed by atoms with Gasteiger partial charge in [-0.15, -0.1) is 11.8 Å². The summed E-state index contributed by atoms with van der Waals surface area (Å²) >= 11 is 1.36. The van der Waals surface area contributed by atoms with Crippen molar-refractivity contribution in [3.8, 4) is 11.3 Å². The lowest BCUT2D eigenvalue weighted by Crippen LogP contribution is -2.42. The molecule has 2 amide bonds. The standard InChI is InChI=1S/C19H17FN4O2S/c20-15-8-6-13(7-9-15)11-27-12-18(25)23-24-19(26)17-10-16(21-22-17)14-4-2-1-3-5-14/h1-10H,11-12H2,(H,21,22)(H,23,25)(H,24,26). The number of H-pyrrole nitrogens is 1. The molecule has 3 rings (SSSR count). The second-order valence-electron chi connectivity index (χ2n) is 5.65. The van der Waals surface area contributed by atoms with Crippen molar-refractivity contribution in [2.45, 2.75) is 5.75 Å². The molecule has 3 N–H and O–H groups in total. The van der Waals surface area contributed by atoms with E-state index in [2.05, 4.69) is 21.0 Å². The molecule has 0 saturated carbocycles. The molecule has 138 valence electrons. The van der Waals surface area contributed by atoms with E-state index < -0.39 is 5.91 Å². The lowest BCUT2D eigenvalue weighted by molar-refractivity contribution is -0.119. The van der Waals surface area contributed by atoms with Crippen molar-refractivity contribution in [3.05, 3.63) is 77.7 Å². The first-order valence-electron chi connectivity index (χ1n) is 8.14. The van der Waals surface area contributed by atoms with Crippen molar-refractivity contribution in [3.63, 3.8) is 0 Å². The number of rotatable bonds is 6. The van der Waals surface area contributed by atoms with Gasteiger partial charge in [-0.2, -0.15) is 5.10 Å². The fourth-order valence-corrected chi connectivity index (χ4v) is 3.05. The van der Waals surface area contributed by atoms with Crippen molar-refractivity contribution in [2.24, 2.45) is 0 Å². The minimum absolute atomic E-state index is 0.163. The van der Waals surface area contributed by atoms with Gasteiger partial charge in [0, 0.05) is 11.3 Å². The van der Waals surface area contributed by atoms with Crippen molar-refractivity contribution in [1.29, 1.82) is 0 Å². The molecule has 3 aromatic rings. The molecule has 0 aliphatic heterocycles. The average Bonchev–Trinajstić information content (AvgIpc) is 3.19. The average molecular weight is 384 g/mol. The van der Waals surface area contributed by atoms with E-state index in [0.29, 0.717) is 11.4 Å². The molecule has 0 spiro atoms. The molecule has 0 aliphatic rings. The number of hydrogen-bond donors (Lipinski definition) is 3. The number of aromatic amines is 1. The number of carbonyl (C=O) groups is 2. The maximum absolute atomic E-state index is 12.8. The molecule has 1 heterocycles. The Bertz CT molecular complexity index is 913. The first-order valence-corrected chi connectivity index (χ1v) is 9.29. The molecule has 0 aliphatic carbocycles. The number of halogens is 1. The summed E-state index contributed by atoms with van der Waals surface area (Å²) in [5.74, 6) is -0.378. The normalized spacial score (nSPS) is 10.4. The Morgan fingerprint density at radius 3 is 2.52 bits per heavy atom. The molecule has 1 aromatic heterocycles. The summed E-state index contributed by atoms with van der Waals surface area (Å²) in [6.07, 6.45) is 0. The van der Waals surface area contributed by atoms with E-state index in [4.69, 9.17) is 0 Å². The van der Waals surface area contributed by atoms with Crippen LogP contribution in [0.25, 0.3) is 11.3 Å². The molecule has 0 atom stereocenters. The molecule has 0 fully saturated rings. The highest BCUT2D eigenvalue weighted by atomic mass is 32.2. The number of carbonyl (C=O) groups excluding carboxylic acids is 2. The summed E-state index contributed by atoms with van der Waals surface area (Å²) in [6.45, 7) is 0. The smallest absolute Gasteiger partial charge is 0.272 e. The Morgan fingerprint density at radius 1 is 1.04 bits per heavy atom. The van der Waals surface area contributed by atoms with E-state index in [-0.39, 0.29) is 23.2 Å². The summed E-state index contributed by atoms with van der Waals surface area (Å²) in [7, 11) is 0. The lowest BCUT2D eigenvalue weighted by Gasteiger charge is -2.06. The van der Waals surface area contributed by atoms with Crippen molar-refractivity contribution < 1.29 is 14.0 Å². The van der Waals surface area contributed by atoms with Gasteiger partial charge in [-0.05, 0) is 23.8 Å². The summed E-state index contributed by atoms with van der Waals surface area (Å²) in [6, 6.07) is 17.1. The van der Waals surface area contributed by atoms with Crippen LogP contribution in [0.4, 0.5) is 4.39 Å². The number of hydrogen-bond acceptors (Lipinski definition) is 4. The van der Waals surface area contributed by atoms with Crippen LogP contribution in [0, 0.1) is 5.82 Å². The first-order chi connectivity index (χ1) is 13.1. The van der Waals surface area contributed by atoms with Gasteiger partial charge in [0.15, 0.2) is 0 Å². The number of nitrogens with zero attached hydrogens (tertiary/aromatic N) is 1. The zero-order valence-corrected chi connectivity index (χ0v) is 15.1. The zero-order valence-electron chi connectivity index (χ0n) is 14.2. The number of amides is 2. The molecule has 27 heavy (non-hydrogen) atoms. The van der Waals surface area contributed by atoms with Gasteiger partial charge in [-0.25, -0.2) is 4.39 Å². The minimum Gasteiger partial charge on any atom is -0.272 e. The highest BCUT2D eigenvalue weighted by molar-refractivity contribution is 7.99. The Kier molecular flexibility index (Phi) is 6.22. The largest absolute Gasteiger partial charge is 0.287 e. The Morgan fingerprint density at radius 2 is 1.78 bits per heavy atom. The van der Waals surface area contributed by atoms with Crippen LogP contribution in [0.5, 0.6) is 0 Å². The maximum atomic E-state index is 12.8. The molecule has 0 radical (unpaired) electrons. The number of nitrogens with one attached hydrogen (secondary N) is 3. The topological polar surface area (TPSA) is 86.9 Å². The third-order valence-electron chi connectivity index (χ3n) is 3.62. The molecule has 0 saturated heterocycles. The maximum Gasteiger partial charge on any atom is 0.287 e. The SMILES string of the molecule is O=C(CSCc1ccc(F)cc1)NNC(=O)c1cc(-c2ccccc2)n[nH]1. The summed E-state index contributed by atoms with van der Waals surface area (Å²) < 4.78 is 12.8. The van der Waals surface area contributed by atoms with Crippen LogP contribution in [-0.2, 0) is 10.5 Å². The predicted octanol–water partition coefficient (Wildman–Crippen LogP) is 2.91. The number of hydrazine groups is 1. The zero-order chi connectivity index (χ0) is 19.1. The minimum atomic E-state index is -0.485. The van der Waals surface area contributed by atoms with Gasteiger partial charge in [0.2, 0.25) is 5.91 Å². The summed E-state index contributed by atoms with van der Waals surface area (Å²) in [5, 5.41) is 6.74. The van der Waals surface area contributed by atoms with Crippen LogP contribution in [-0.4, -0.2) is 27.8 Å². The van der Waals surface area contributed by atoms with Crippen molar-refractivity contribution in [1.82, 2.24) is 21.0 Å². The van der Waals surface area contributed by atoms with E-state index in [1.54, 1.807) is 18.2 Å². The highest BCUT2D eigenvalue weighted by Crippen LogP contribution is 2.16. The molecule has 6 nitrogen and oxygen atoms in total. The van der Waals surface area contributed by atoms with Gasteiger partial charge in [0.1, 0.15) is 11.5 Å². The fourth-order valence-electron chi connectivity index (χ4n) is 2.27. The lowest BCUT2D eigenvalue weighted by atomic mass is 10.1. The molecule has 2 aromatic carbocycles. The van der Waals surface area contributed by atoms with Crippen LogP contribution in [0.3, 0.4) is 0 Å². The van der Waals surface area contributed by atoms with Crippen LogP contribution in [0.1, 0.15) is 16.1 Å². The van der Waals surface area contributed by atoms with Crippen LogP contribution < -0.4 is 10.9 Å². The van der Waals surface area contributed by atoms with Crippen LogP contribution in [0.15, 0.2) is 60.7 Å². The molecule has 0 unspecified atom stereocenters. The van der Waals surface area contributed by atoms with Gasteiger partial charge in [0.25, 0.3) is 5.91 Å². The van der Waals surface area contributed by atoms with E-state index in [0.717, 1.165) is 11.1 Å². The van der Waals surface area contributed by atoms with Crippen LogP contribution in [0.2, 0.25) is 0 Å². The fraction of sp³-hybridized carbons (Fsp3) is 0.105. The molecular weight excluding hydrogens is 367 g/mol. The first kappa shape index (κ1) is 18.7. The molecule has 8 heteroatoms. The van der Waals surface area contributed by atoms with E-state index in [9.17, 15) is 14.0 Å². The number of benzene rings is 2. The van der Waals surface area contributed by atoms with E-state index >= 15 is 0 Å². The molecular formula is C19H17FN4O2S. The summed E-state index contributed by atoms with van der Waals surface area (Å²) in [4.78, 5) is 23.9. The Labute approximate surface area is 159 Å². The quantitative estimate of drug-likeness (QED) is 0.571. The second-order valence-corrected chi connectivity index (χ2v) is 6.64. The third-order valence-corrected chi connectivity index (χ3v) is 4.63. The van der Waals surface area contributed by atoms with Crippen LogP contribution >= 0.6 is 11.8 Å². The van der Waals surface area contributed by atoms with Crippen molar-refractivity contribution >= 4 is 23.6 Å². The summed E-state index contributed by atoms with van der Waals surface area (Å²) in [5.41, 5.74) is 7.39. The number of thioether (sulfide) groups is 1. The van der Waals surface area contributed by atoms with Gasteiger partial charge < -0.3 is 0 Å². The highest BCUT2D eigenvalue weighted by Gasteiger charge is 2.12. The second kappa shape index (κ2) is 9.00. The Hall–Kier alpha value is -3.13. The van der Waals surface area contributed by atoms with E-state index in [1.807, 2.05) is 30.3 Å². The monoisotopic (exact) mass is 384 g/mol. The van der Waals surface area contributed by atoms with Gasteiger partial charge in [0.05, 0.1) is 11.4 Å². The Balaban J connectivity index is 1.43. The van der Waals surface area contributed by atoms with Gasteiger partial charge in [-0.1, -0.05) is 42.5 Å². The molecule has 0 bridgehead atoms.